The molecule has 0 radical (unpaired) electrons. The van der Waals surface area contributed by atoms with E-state index in [0.717, 1.165) is 18.4 Å². The Balaban J connectivity index is 0.940. The summed E-state index contributed by atoms with van der Waals surface area (Å²) < 4.78 is 47.5. The van der Waals surface area contributed by atoms with Crippen LogP contribution in [0, 0.1) is 45.3 Å². The van der Waals surface area contributed by atoms with E-state index < -0.39 is 184 Å². The Labute approximate surface area is 455 Å². The molecule has 452 valence electrons. The van der Waals surface area contributed by atoms with Crippen LogP contribution in [0.5, 0.6) is 0 Å². The summed E-state index contributed by atoms with van der Waals surface area (Å²) in [7, 11) is 0. The second kappa shape index (κ2) is 23.7. The number of rotatable bonds is 17. The zero-order chi connectivity index (χ0) is 57.5. The lowest BCUT2D eigenvalue weighted by atomic mass is 9.38. The van der Waals surface area contributed by atoms with Crippen LogP contribution >= 0.6 is 0 Å². The van der Waals surface area contributed by atoms with Gasteiger partial charge >= 0.3 is 0 Å². The Kier molecular flexibility index (Phi) is 19.1. The maximum absolute atomic E-state index is 12.7. The van der Waals surface area contributed by atoms with Crippen molar-refractivity contribution in [3.63, 3.8) is 0 Å². The van der Waals surface area contributed by atoms with Crippen LogP contribution < -0.4 is 0 Å². The molecule has 0 aromatic rings. The van der Waals surface area contributed by atoms with E-state index in [1.165, 1.54) is 0 Å². The number of ether oxygens (including phenoxy) is 8. The molecule has 7 fully saturated rings. The van der Waals surface area contributed by atoms with Crippen molar-refractivity contribution in [3.8, 4) is 0 Å². The smallest absolute Gasteiger partial charge is 0.187 e. The molecule has 4 heterocycles. The summed E-state index contributed by atoms with van der Waals surface area (Å²) in [5.74, 6) is 0.236. The van der Waals surface area contributed by atoms with Crippen molar-refractivity contribution in [1.29, 1.82) is 0 Å². The average Bonchev–Trinajstić information content (AvgIpc) is 2.93. The van der Waals surface area contributed by atoms with E-state index in [-0.39, 0.29) is 40.9 Å². The number of hydrogen-bond acceptors (Lipinski definition) is 24. The second-order valence-electron chi connectivity index (χ2n) is 25.9. The van der Waals surface area contributed by atoms with Crippen LogP contribution in [0.1, 0.15) is 107 Å². The Morgan fingerprint density at radius 1 is 0.590 bits per heavy atom. The van der Waals surface area contributed by atoms with Gasteiger partial charge in [-0.3, -0.25) is 0 Å². The Bertz CT molecular complexity index is 2030. The summed E-state index contributed by atoms with van der Waals surface area (Å²) in [6.07, 6.45) is -26.9. The highest BCUT2D eigenvalue weighted by atomic mass is 16.8. The molecule has 24 nitrogen and oxygen atoms in total. The Hall–Kier alpha value is -1.22. The van der Waals surface area contributed by atoms with Crippen molar-refractivity contribution < 1.29 is 120 Å². The quantitative estimate of drug-likeness (QED) is 0.0637. The van der Waals surface area contributed by atoms with Gasteiger partial charge in [0.1, 0.15) is 97.7 Å². The van der Waals surface area contributed by atoms with E-state index in [0.29, 0.717) is 32.1 Å². The SMILES string of the molecule is C[C@@H](CC[C@H](OC1O[C@@H](CO)[C@H](O)[C@@H](O)C1OC1O[C@@H](CO)[C@H](O)[C@@H](O)C1O)C(C)(C)O)[C@@H]1CCC2(C)[C@H]3CC=C4[C@H](CC[C@@H](OC5O[C@@H](COC6O[C@@H](CO)[C@H](O)[C@@H](O)[C@@H]6O)[C@H](O)[C@@H](O)[C@@H]5O)C4(C)C)C3(C)[C@@H](O)CC12C. The first kappa shape index (κ1) is 62.8. The Morgan fingerprint density at radius 2 is 1.09 bits per heavy atom. The maximum Gasteiger partial charge on any atom is 0.187 e. The lowest BCUT2D eigenvalue weighted by Crippen LogP contribution is -2.65. The maximum atomic E-state index is 12.7. The third-order valence-electron chi connectivity index (χ3n) is 20.8. The van der Waals surface area contributed by atoms with Crippen LogP contribution in [0.15, 0.2) is 11.6 Å². The lowest BCUT2D eigenvalue weighted by Gasteiger charge is -2.67. The van der Waals surface area contributed by atoms with E-state index in [2.05, 4.69) is 47.6 Å². The highest BCUT2D eigenvalue weighted by molar-refractivity contribution is 5.32. The Morgan fingerprint density at radius 3 is 1.65 bits per heavy atom. The summed E-state index contributed by atoms with van der Waals surface area (Å²) >= 11 is 0. The van der Waals surface area contributed by atoms with Gasteiger partial charge in [-0.05, 0) is 99.7 Å². The summed E-state index contributed by atoms with van der Waals surface area (Å²) in [5.41, 5.74) is -2.12. The van der Waals surface area contributed by atoms with Crippen molar-refractivity contribution >= 4 is 0 Å². The minimum absolute atomic E-state index is 0.0338. The van der Waals surface area contributed by atoms with E-state index in [4.69, 9.17) is 37.9 Å². The third-order valence-corrected chi connectivity index (χ3v) is 20.8. The topological polar surface area (TPSA) is 398 Å². The predicted octanol–water partition coefficient (Wildman–Crippen LogP) is -3.23. The fraction of sp³-hybridized carbons (Fsp3) is 0.963. The zero-order valence-electron chi connectivity index (χ0n) is 46.1. The zero-order valence-corrected chi connectivity index (χ0v) is 46.1. The van der Waals surface area contributed by atoms with E-state index in [9.17, 15) is 81.7 Å². The van der Waals surface area contributed by atoms with Gasteiger partial charge in [0.25, 0.3) is 0 Å². The van der Waals surface area contributed by atoms with Gasteiger partial charge in [-0.1, -0.05) is 53.2 Å². The van der Waals surface area contributed by atoms with Crippen LogP contribution in [0.4, 0.5) is 0 Å². The minimum Gasteiger partial charge on any atom is -0.394 e. The third kappa shape index (κ3) is 11.0. The summed E-state index contributed by atoms with van der Waals surface area (Å²) in [6.45, 7) is 13.6. The van der Waals surface area contributed by atoms with Gasteiger partial charge in [0.05, 0.1) is 50.3 Å². The molecule has 30 atom stereocenters. The van der Waals surface area contributed by atoms with Crippen molar-refractivity contribution in [3.05, 3.63) is 11.6 Å². The van der Waals surface area contributed by atoms with Gasteiger partial charge < -0.3 is 120 Å². The molecule has 8 rings (SSSR count). The molecule has 0 bridgehead atoms. The van der Waals surface area contributed by atoms with Gasteiger partial charge in [0, 0.05) is 10.8 Å². The van der Waals surface area contributed by atoms with Gasteiger partial charge in [-0.2, -0.15) is 0 Å². The molecule has 0 amide bonds. The molecule has 0 aromatic carbocycles. The van der Waals surface area contributed by atoms with Gasteiger partial charge in [-0.15, -0.1) is 0 Å². The first-order valence-corrected chi connectivity index (χ1v) is 28.0. The molecule has 3 saturated carbocycles. The monoisotopic (exact) mass is 1120 g/mol. The molecule has 4 aliphatic heterocycles. The normalized spacial score (nSPS) is 51.4. The second-order valence-corrected chi connectivity index (χ2v) is 25.9. The van der Waals surface area contributed by atoms with Crippen LogP contribution in [0.3, 0.4) is 0 Å². The van der Waals surface area contributed by atoms with Crippen LogP contribution in [0.2, 0.25) is 0 Å². The number of aliphatic hydroxyl groups excluding tert-OH is 15. The molecule has 8 aliphatic rings. The van der Waals surface area contributed by atoms with E-state index in [1.807, 2.05) is 0 Å². The van der Waals surface area contributed by atoms with Crippen molar-refractivity contribution in [2.24, 2.45) is 45.3 Å². The molecule has 78 heavy (non-hydrogen) atoms. The average molecular weight is 1130 g/mol. The molecule has 4 aliphatic carbocycles. The first-order chi connectivity index (χ1) is 36.4. The molecule has 24 heteroatoms. The molecule has 9 unspecified atom stereocenters. The standard InChI is InChI=1S/C54H92O24/c1-22(9-13-33(51(4,5)70)77-49-45(41(66)36(61)28(20-57)74-49)78-48-44(69)39(64)35(60)27(19-56)73-48)23-15-16-52(6)30-12-10-24-25(54(30,8)31(58)17-53(23,52)7)11-14-32(50(24,2)3)76-47-43(68)40(65)37(62)29(75-47)21-71-46-42(67)38(63)34(59)26(18-55)72-46/h10,22-23,25-49,55-70H,9,11-21H2,1-8H3/t22-,23-,25-,26-,27-,28-,29-,30+,31-,32+,33-,34-,35-,36-,37-,38+,39+,40+,41+,42-,43-,44?,45?,46?,47?,48?,49?,52?,53?,54?/m0/s1. The molecule has 0 aromatic heterocycles. The van der Waals surface area contributed by atoms with Crippen molar-refractivity contribution in [1.82, 2.24) is 0 Å². The van der Waals surface area contributed by atoms with Gasteiger partial charge in [0.15, 0.2) is 25.2 Å². The van der Waals surface area contributed by atoms with E-state index >= 15 is 0 Å². The summed E-state index contributed by atoms with van der Waals surface area (Å²) in [4.78, 5) is 0. The predicted molar refractivity (Wildman–Crippen MR) is 268 cm³/mol. The minimum atomic E-state index is -1.85. The van der Waals surface area contributed by atoms with Crippen molar-refractivity contribution in [2.45, 2.75) is 253 Å². The van der Waals surface area contributed by atoms with Gasteiger partial charge in [0.2, 0.25) is 0 Å². The van der Waals surface area contributed by atoms with E-state index in [1.54, 1.807) is 13.8 Å². The van der Waals surface area contributed by atoms with Crippen molar-refractivity contribution in [2.75, 3.05) is 26.4 Å². The summed E-state index contributed by atoms with van der Waals surface area (Å²) in [6, 6.07) is 0. The fourth-order valence-electron chi connectivity index (χ4n) is 15.6. The highest BCUT2D eigenvalue weighted by Gasteiger charge is 2.70. The molecule has 16 N–H and O–H groups in total. The largest absolute Gasteiger partial charge is 0.394 e. The lowest BCUT2D eigenvalue weighted by molar-refractivity contribution is -0.375. The van der Waals surface area contributed by atoms with Crippen LogP contribution in [0.25, 0.3) is 0 Å². The van der Waals surface area contributed by atoms with Gasteiger partial charge in [-0.25, -0.2) is 0 Å². The fourth-order valence-corrected chi connectivity index (χ4v) is 15.6. The number of fused-ring (bicyclic) bond motifs is 5. The molecule has 4 saturated heterocycles. The number of allylic oxidation sites excluding steroid dienone is 1. The highest BCUT2D eigenvalue weighted by Crippen LogP contribution is 2.75. The molecular weight excluding hydrogens is 1030 g/mol. The summed E-state index contributed by atoms with van der Waals surface area (Å²) in [5, 5.41) is 172. The number of aliphatic hydroxyl groups is 16. The molecular formula is C54H92O24. The number of hydrogen-bond donors (Lipinski definition) is 16. The van der Waals surface area contributed by atoms with Crippen LogP contribution in [-0.4, -0.2) is 255 Å². The molecule has 0 spiro atoms. The van der Waals surface area contributed by atoms with Crippen LogP contribution in [-0.2, 0) is 37.9 Å². The first-order valence-electron chi connectivity index (χ1n) is 28.0.